The van der Waals surface area contributed by atoms with Crippen LogP contribution in [0.2, 0.25) is 0 Å². The smallest absolute Gasteiger partial charge is 0.426 e. The molecule has 4 aromatic rings. The lowest BCUT2D eigenvalue weighted by molar-refractivity contribution is -0.219. The molecule has 3 aliphatic heterocycles. The summed E-state index contributed by atoms with van der Waals surface area (Å²) in [7, 11) is 8.36. The summed E-state index contributed by atoms with van der Waals surface area (Å²) in [5.41, 5.74) is 0.880. The van der Waals surface area contributed by atoms with Crippen LogP contribution >= 0.6 is 21.6 Å². The van der Waals surface area contributed by atoms with E-state index in [1.54, 1.807) is 49.2 Å². The van der Waals surface area contributed by atoms with E-state index in [-0.39, 0.29) is 68.4 Å². The van der Waals surface area contributed by atoms with Crippen LogP contribution < -0.4 is 57.7 Å². The Morgan fingerprint density at radius 3 is 2.01 bits per heavy atom. The van der Waals surface area contributed by atoms with Gasteiger partial charge in [-0.3, -0.25) is 48.7 Å². The van der Waals surface area contributed by atoms with Gasteiger partial charge in [-0.15, -0.1) is 0 Å². The fourth-order valence-corrected chi connectivity index (χ4v) is 19.2. The topological polar surface area (TPSA) is 542 Å². The zero-order valence-corrected chi connectivity index (χ0v) is 68.2. The standard InChI is InChI=1S/C79H108N12O24S2/c1-9-75(4,111)41-44(3)42-78(72(108)114-8,62-47(28-32-80-5)46-21-14-15-22-50(46)84-62)49-38-48-56(40-57(49)113-7)90(6)69-77(48)30-18-34-91-33-17-29-76(10-2,68(77)91)70(106)79(69,112)71(107)88-89-74(110)115-35-36-116-117-43-55(67(104)105)86-63(98)53(37-45-19-12-11-13-20-45)85-64(99)54(39-61(96)97)83-59(93)26-24-51(65(100)101)82-58(92)27-25-52(66(102)103)87-73(109)81-31-16-23-60(94)95/h11-15,17,19-22,29,38,40,44,51-55,68-70,80,84,106,111-112H,9-10,16,18,23-28,30-37,39,41-43H2,1-8H3,(H,82,92)(H,83,93)(H,85,99)(H,86,98)(H,88,107)(H,89,110)(H,94,95)(H,96,97)(H,100,101)(H,102,103)(H,104,105)(H2,81,87,109)/t44-,51+,52+,53+,54+,55+,68?,69-,70-,75+,76-,77-,78?,79+/m1/s1. The predicted molar refractivity (Wildman–Crippen MR) is 429 cm³/mol. The highest BCUT2D eigenvalue weighted by Gasteiger charge is 2.78. The Bertz CT molecular complexity index is 4320. The van der Waals surface area contributed by atoms with Gasteiger partial charge >= 0.3 is 47.9 Å². The third kappa shape index (κ3) is 21.2. The Kier molecular flexibility index (Phi) is 32.1. The fourth-order valence-electron chi connectivity index (χ4n) is 17.2. The number of aromatic amines is 1. The quantitative estimate of drug-likeness (QED) is 0.00995. The number of esters is 1. The van der Waals surface area contributed by atoms with E-state index in [1.165, 1.54) is 14.2 Å². The van der Waals surface area contributed by atoms with Crippen LogP contribution in [-0.2, 0) is 85.9 Å². The maximum absolute atomic E-state index is 15.7. The number of piperidine rings is 1. The number of aliphatic hydroxyl groups is 3. The number of benzene rings is 3. The number of ether oxygens (including phenoxy) is 3. The van der Waals surface area contributed by atoms with Gasteiger partial charge in [0, 0.05) is 108 Å². The monoisotopic (exact) mass is 1670 g/mol. The molecule has 2 fully saturated rings. The average Bonchev–Trinajstić information content (AvgIpc) is 1.48. The molecular formula is C79H108N12O24S2. The number of fused-ring (bicyclic) bond motifs is 2. The molecule has 3 aromatic carbocycles. The summed E-state index contributed by atoms with van der Waals surface area (Å²) in [6.45, 7) is 8.71. The van der Waals surface area contributed by atoms with Crippen LogP contribution in [-0.4, -0.2) is 260 Å². The Labute approximate surface area is 683 Å². The van der Waals surface area contributed by atoms with E-state index in [0.29, 0.717) is 79.8 Å². The number of carbonyl (C=O) groups is 13. The van der Waals surface area contributed by atoms with Gasteiger partial charge in [-0.1, -0.05) is 103 Å². The first kappa shape index (κ1) is 92.3. The van der Waals surface area contributed by atoms with E-state index < -0.39 is 185 Å². The number of hydrogen-bond donors (Lipinski definition) is 18. The number of carboxylic acids is 5. The zero-order chi connectivity index (χ0) is 85.9. The van der Waals surface area contributed by atoms with Gasteiger partial charge in [0.15, 0.2) is 5.60 Å². The lowest BCUT2D eigenvalue weighted by atomic mass is 9.45. The molecule has 2 unspecified atom stereocenters. The van der Waals surface area contributed by atoms with Crippen LogP contribution in [0, 0.1) is 11.3 Å². The normalized spacial score (nSPS) is 21.7. The van der Waals surface area contributed by atoms with E-state index in [1.807, 2.05) is 76.4 Å². The Morgan fingerprint density at radius 1 is 0.744 bits per heavy atom. The lowest BCUT2D eigenvalue weighted by Crippen LogP contribution is -2.84. The van der Waals surface area contributed by atoms with Crippen molar-refractivity contribution in [3.8, 4) is 5.75 Å². The SMILES string of the molecule is CC[C@](C)(O)C[C@@H](C)CC(C(=O)OC)(c1cc2c(cc1OC)N(C)[C@H]1[C@@](O)(C(=O)NNC(=O)OCCSSC[C@H](NC(=O)[C@H](Cc3ccccc3)NC(=O)[C@H](CC(=O)O)NC(=O)CC[C@H](NC(=O)CC[C@H](NC(=O)NCCCC(=O)O)C(=O)O)C(=O)O)C(=O)O)[C@H](O)[C@]3(CC)C=CCN4CCC[C@]21C43)c1[nH]c2ccccc2c1CCNC. The number of hydrogen-bond acceptors (Lipinski definition) is 24. The van der Waals surface area contributed by atoms with Gasteiger partial charge in [-0.25, -0.2) is 29.4 Å². The molecule has 1 saturated heterocycles. The van der Waals surface area contributed by atoms with Crippen molar-refractivity contribution in [2.75, 3.05) is 77.5 Å². The largest absolute Gasteiger partial charge is 0.496 e. The molecule has 0 bridgehead atoms. The zero-order valence-electron chi connectivity index (χ0n) is 66.6. The van der Waals surface area contributed by atoms with Crippen LogP contribution in [0.1, 0.15) is 139 Å². The number of carbonyl (C=O) groups excluding carboxylic acids is 8. The molecule has 1 aliphatic carbocycles. The molecule has 8 rings (SSSR count). The third-order valence-electron chi connectivity index (χ3n) is 22.6. The number of likely N-dealkylation sites (N-methyl/N-ethyl adjacent to an activating group) is 2. The number of carboxylic acid groups (broad SMARTS) is 5. The van der Waals surface area contributed by atoms with Gasteiger partial charge in [-0.05, 0) is 126 Å². The number of aromatic nitrogens is 1. The van der Waals surface area contributed by atoms with E-state index in [4.69, 9.17) is 19.3 Å². The van der Waals surface area contributed by atoms with Crippen molar-refractivity contribution in [3.05, 3.63) is 107 Å². The van der Waals surface area contributed by atoms with Crippen LogP contribution in [0.4, 0.5) is 15.3 Å². The van der Waals surface area contributed by atoms with Crippen LogP contribution in [0.25, 0.3) is 10.9 Å². The first-order chi connectivity index (χ1) is 55.5. The summed E-state index contributed by atoms with van der Waals surface area (Å²) >= 11 is 0. The summed E-state index contributed by atoms with van der Waals surface area (Å²) < 4.78 is 17.8. The number of nitrogens with zero attached hydrogens (tertiary/aromatic N) is 2. The van der Waals surface area contributed by atoms with E-state index in [2.05, 4.69) is 58.0 Å². The van der Waals surface area contributed by atoms with E-state index in [9.17, 15) is 88.5 Å². The summed E-state index contributed by atoms with van der Waals surface area (Å²) in [4.78, 5) is 178. The molecule has 4 heterocycles. The number of nitrogens with one attached hydrogen (secondary N) is 10. The number of aliphatic hydroxyl groups excluding tert-OH is 1. The molecule has 0 radical (unpaired) electrons. The number of urea groups is 1. The minimum atomic E-state index is -2.73. The van der Waals surface area contributed by atoms with Crippen molar-refractivity contribution in [1.82, 2.24) is 58.0 Å². The molecule has 38 heteroatoms. The number of anilines is 1. The van der Waals surface area contributed by atoms with Crippen molar-refractivity contribution in [3.63, 3.8) is 0 Å². The molecule has 1 spiro atoms. The highest BCUT2D eigenvalue weighted by molar-refractivity contribution is 8.76. The second-order valence-electron chi connectivity index (χ2n) is 30.4. The number of amides is 8. The van der Waals surface area contributed by atoms with Gasteiger partial charge in [0.1, 0.15) is 54.1 Å². The summed E-state index contributed by atoms with van der Waals surface area (Å²) in [5.74, 6) is -13.9. The Hall–Kier alpha value is -10.3. The van der Waals surface area contributed by atoms with Gasteiger partial charge in [0.05, 0.1) is 32.3 Å². The average molecular weight is 1670 g/mol. The number of para-hydroxylation sites is 1. The van der Waals surface area contributed by atoms with Gasteiger partial charge in [0.25, 0.3) is 5.91 Å². The Morgan fingerprint density at radius 2 is 1.38 bits per heavy atom. The van der Waals surface area contributed by atoms with Crippen molar-refractivity contribution >= 4 is 116 Å². The number of hydrazine groups is 1. The van der Waals surface area contributed by atoms with Crippen molar-refractivity contribution in [2.45, 2.75) is 194 Å². The second-order valence-corrected chi connectivity index (χ2v) is 33.0. The molecule has 14 atom stereocenters. The van der Waals surface area contributed by atoms with E-state index in [0.717, 1.165) is 38.1 Å². The summed E-state index contributed by atoms with van der Waals surface area (Å²) in [6, 6.07) is 8.21. The molecule has 4 aliphatic rings. The van der Waals surface area contributed by atoms with Gasteiger partial charge in [-0.2, -0.15) is 0 Å². The van der Waals surface area contributed by atoms with Gasteiger partial charge < -0.3 is 102 Å². The fraction of sp³-hybridized carbons (Fsp3) is 0.557. The number of aliphatic carboxylic acids is 5. The minimum absolute atomic E-state index is 0.00341. The lowest BCUT2D eigenvalue weighted by Gasteiger charge is -2.68. The third-order valence-corrected chi connectivity index (χ3v) is 25.0. The molecule has 18 N–H and O–H groups in total. The number of methoxy groups -OCH3 is 2. The van der Waals surface area contributed by atoms with Crippen LogP contribution in [0.3, 0.4) is 0 Å². The molecular weight excluding hydrogens is 1570 g/mol. The van der Waals surface area contributed by atoms with Gasteiger partial charge in [0.2, 0.25) is 23.6 Å². The number of H-pyrrole nitrogens is 1. The highest BCUT2D eigenvalue weighted by atomic mass is 33.1. The first-order valence-electron chi connectivity index (χ1n) is 38.7. The molecule has 1 saturated carbocycles. The molecule has 640 valence electrons. The number of rotatable bonds is 44. The summed E-state index contributed by atoms with van der Waals surface area (Å²) in [5, 5.41) is 105. The molecule has 8 amide bonds. The minimum Gasteiger partial charge on any atom is -0.496 e. The molecule has 1 aromatic heterocycles. The Balaban J connectivity index is 0.932. The second kappa shape index (κ2) is 40.7. The summed E-state index contributed by atoms with van der Waals surface area (Å²) in [6.07, 6.45) is -0.769. The predicted octanol–water partition coefficient (Wildman–Crippen LogP) is 2.71. The van der Waals surface area contributed by atoms with E-state index >= 15 is 9.59 Å². The maximum atomic E-state index is 15.7. The van der Waals surface area contributed by atoms with Crippen molar-refractivity contribution < 1.29 is 117 Å². The highest BCUT2D eigenvalue weighted by Crippen LogP contribution is 2.67. The van der Waals surface area contributed by atoms with Crippen molar-refractivity contribution in [1.29, 1.82) is 0 Å². The van der Waals surface area contributed by atoms with Crippen LogP contribution in [0.15, 0.2) is 78.9 Å². The van der Waals surface area contributed by atoms with Crippen LogP contribution in [0.5, 0.6) is 5.75 Å². The molecule has 36 nitrogen and oxygen atoms in total. The maximum Gasteiger partial charge on any atom is 0.426 e. The first-order valence-corrected chi connectivity index (χ1v) is 41.2. The molecule has 117 heavy (non-hydrogen) atoms. The van der Waals surface area contributed by atoms with Crippen molar-refractivity contribution in [2.24, 2.45) is 11.3 Å².